The van der Waals surface area contributed by atoms with Gasteiger partial charge in [0.25, 0.3) is 0 Å². The van der Waals surface area contributed by atoms with E-state index < -0.39 is 0 Å². The Bertz CT molecular complexity index is 833. The SMILES string of the molecule is Cc1cccc2c1-c1ccccc1C2(C)C1=CC=CC=CC1. The predicted octanol–water partition coefficient (Wildman–Crippen LogP) is 5.72. The Kier molecular flexibility index (Phi) is 2.94. The van der Waals surface area contributed by atoms with E-state index in [1.165, 1.54) is 33.4 Å². The average molecular weight is 284 g/mol. The topological polar surface area (TPSA) is 0 Å². The minimum Gasteiger partial charge on any atom is -0.0804 e. The molecule has 22 heavy (non-hydrogen) atoms. The number of allylic oxidation sites excluding steroid dienone is 6. The first-order valence-corrected chi connectivity index (χ1v) is 7.96. The second-order valence-electron chi connectivity index (χ2n) is 6.38. The van der Waals surface area contributed by atoms with Crippen LogP contribution in [0, 0.1) is 6.92 Å². The molecule has 0 amide bonds. The number of hydrogen-bond donors (Lipinski definition) is 0. The molecule has 1 unspecified atom stereocenters. The summed E-state index contributed by atoms with van der Waals surface area (Å²) in [5.74, 6) is 0. The van der Waals surface area contributed by atoms with Gasteiger partial charge in [-0.3, -0.25) is 0 Å². The number of benzene rings is 2. The summed E-state index contributed by atoms with van der Waals surface area (Å²) in [6.07, 6.45) is 12.0. The molecule has 4 rings (SSSR count). The Morgan fingerprint density at radius 3 is 2.59 bits per heavy atom. The first kappa shape index (κ1) is 13.3. The second kappa shape index (κ2) is 4.84. The Morgan fingerprint density at radius 2 is 1.68 bits per heavy atom. The number of aryl methyl sites for hydroxylation is 1. The first-order valence-electron chi connectivity index (χ1n) is 7.96. The number of fused-ring (bicyclic) bond motifs is 3. The van der Waals surface area contributed by atoms with Crippen molar-refractivity contribution in [2.45, 2.75) is 25.7 Å². The summed E-state index contributed by atoms with van der Waals surface area (Å²) >= 11 is 0. The molecule has 2 aromatic rings. The van der Waals surface area contributed by atoms with Crippen LogP contribution in [0.5, 0.6) is 0 Å². The summed E-state index contributed by atoms with van der Waals surface area (Å²) in [6.45, 7) is 4.61. The van der Waals surface area contributed by atoms with Crippen LogP contribution in [0.15, 0.2) is 78.4 Å². The predicted molar refractivity (Wildman–Crippen MR) is 94.0 cm³/mol. The average Bonchev–Trinajstić information content (AvgIpc) is 2.73. The van der Waals surface area contributed by atoms with E-state index >= 15 is 0 Å². The van der Waals surface area contributed by atoms with E-state index in [-0.39, 0.29) is 5.41 Å². The molecule has 0 aliphatic heterocycles. The number of hydrogen-bond acceptors (Lipinski definition) is 0. The van der Waals surface area contributed by atoms with Gasteiger partial charge < -0.3 is 0 Å². The van der Waals surface area contributed by atoms with Crippen molar-refractivity contribution in [3.05, 3.63) is 95.1 Å². The largest absolute Gasteiger partial charge is 0.0804 e. The first-order chi connectivity index (χ1) is 10.7. The van der Waals surface area contributed by atoms with Crippen LogP contribution in [-0.4, -0.2) is 0 Å². The van der Waals surface area contributed by atoms with Crippen LogP contribution in [0.3, 0.4) is 0 Å². The third kappa shape index (κ3) is 1.70. The van der Waals surface area contributed by atoms with Gasteiger partial charge in [-0.15, -0.1) is 0 Å². The molecule has 0 aromatic heterocycles. The van der Waals surface area contributed by atoms with Gasteiger partial charge in [-0.2, -0.15) is 0 Å². The monoisotopic (exact) mass is 284 g/mol. The molecule has 2 aromatic carbocycles. The smallest absolute Gasteiger partial charge is 0.0401 e. The normalized spacial score (nSPS) is 22.0. The van der Waals surface area contributed by atoms with Crippen LogP contribution >= 0.6 is 0 Å². The lowest BCUT2D eigenvalue weighted by Crippen LogP contribution is -2.23. The Balaban J connectivity index is 2.05. The molecular weight excluding hydrogens is 264 g/mol. The van der Waals surface area contributed by atoms with E-state index in [0.717, 1.165) is 6.42 Å². The Morgan fingerprint density at radius 1 is 0.864 bits per heavy atom. The second-order valence-corrected chi connectivity index (χ2v) is 6.38. The maximum atomic E-state index is 2.38. The summed E-state index contributed by atoms with van der Waals surface area (Å²) in [6, 6.07) is 15.6. The fourth-order valence-electron chi connectivity index (χ4n) is 4.02. The molecule has 0 spiro atoms. The van der Waals surface area contributed by atoms with Crippen molar-refractivity contribution >= 4 is 0 Å². The lowest BCUT2D eigenvalue weighted by molar-refractivity contribution is 0.677. The van der Waals surface area contributed by atoms with Gasteiger partial charge in [0.2, 0.25) is 0 Å². The van der Waals surface area contributed by atoms with Gasteiger partial charge >= 0.3 is 0 Å². The molecule has 0 heteroatoms. The van der Waals surface area contributed by atoms with Gasteiger partial charge in [-0.05, 0) is 48.1 Å². The third-order valence-corrected chi connectivity index (χ3v) is 5.18. The van der Waals surface area contributed by atoms with Gasteiger partial charge in [-0.25, -0.2) is 0 Å². The van der Waals surface area contributed by atoms with Crippen LogP contribution in [0.25, 0.3) is 11.1 Å². The van der Waals surface area contributed by atoms with Crippen molar-refractivity contribution in [1.29, 1.82) is 0 Å². The van der Waals surface area contributed by atoms with Gasteiger partial charge in [-0.1, -0.05) is 78.4 Å². The highest BCUT2D eigenvalue weighted by molar-refractivity contribution is 5.85. The van der Waals surface area contributed by atoms with Crippen LogP contribution in [0.2, 0.25) is 0 Å². The van der Waals surface area contributed by atoms with E-state index in [4.69, 9.17) is 0 Å². The maximum Gasteiger partial charge on any atom is 0.0401 e. The molecule has 2 aliphatic carbocycles. The van der Waals surface area contributed by atoms with Crippen molar-refractivity contribution in [3.63, 3.8) is 0 Å². The van der Waals surface area contributed by atoms with Crippen molar-refractivity contribution in [2.75, 3.05) is 0 Å². The molecular formula is C22H20. The summed E-state index contributed by atoms with van der Waals surface area (Å²) in [4.78, 5) is 0. The molecule has 0 bridgehead atoms. The molecule has 1 atom stereocenters. The minimum atomic E-state index is -0.0308. The Hall–Kier alpha value is -2.34. The fraction of sp³-hybridized carbons (Fsp3) is 0.182. The lowest BCUT2D eigenvalue weighted by atomic mass is 9.72. The summed E-state index contributed by atoms with van der Waals surface area (Å²) in [5.41, 5.74) is 8.52. The van der Waals surface area contributed by atoms with Crippen LogP contribution in [0.4, 0.5) is 0 Å². The fourth-order valence-corrected chi connectivity index (χ4v) is 4.02. The van der Waals surface area contributed by atoms with Crippen molar-refractivity contribution < 1.29 is 0 Å². The molecule has 2 aliphatic rings. The Labute approximate surface area is 132 Å². The third-order valence-electron chi connectivity index (χ3n) is 5.18. The highest BCUT2D eigenvalue weighted by atomic mass is 14.4. The summed E-state index contributed by atoms with van der Waals surface area (Å²) in [7, 11) is 0. The maximum absolute atomic E-state index is 2.38. The zero-order valence-corrected chi connectivity index (χ0v) is 13.1. The molecule has 0 N–H and O–H groups in total. The summed E-state index contributed by atoms with van der Waals surface area (Å²) in [5, 5.41) is 0. The number of rotatable bonds is 1. The van der Waals surface area contributed by atoms with Crippen molar-refractivity contribution in [3.8, 4) is 11.1 Å². The van der Waals surface area contributed by atoms with Crippen molar-refractivity contribution in [2.24, 2.45) is 0 Å². The highest BCUT2D eigenvalue weighted by Gasteiger charge is 2.41. The zero-order valence-electron chi connectivity index (χ0n) is 13.1. The van der Waals surface area contributed by atoms with Crippen molar-refractivity contribution in [1.82, 2.24) is 0 Å². The van der Waals surface area contributed by atoms with Gasteiger partial charge in [0.05, 0.1) is 0 Å². The van der Waals surface area contributed by atoms with E-state index in [2.05, 4.69) is 86.7 Å². The minimum absolute atomic E-state index is 0.0308. The summed E-state index contributed by atoms with van der Waals surface area (Å²) < 4.78 is 0. The van der Waals surface area contributed by atoms with E-state index in [9.17, 15) is 0 Å². The molecule has 0 radical (unpaired) electrons. The van der Waals surface area contributed by atoms with E-state index in [1.807, 2.05) is 0 Å². The highest BCUT2D eigenvalue weighted by Crippen LogP contribution is 2.54. The van der Waals surface area contributed by atoms with Crippen LogP contribution in [-0.2, 0) is 5.41 Å². The molecule has 0 saturated carbocycles. The van der Waals surface area contributed by atoms with Gasteiger partial charge in [0, 0.05) is 5.41 Å². The van der Waals surface area contributed by atoms with Gasteiger partial charge in [0.15, 0.2) is 0 Å². The molecule has 0 heterocycles. The molecule has 108 valence electrons. The van der Waals surface area contributed by atoms with E-state index in [0.29, 0.717) is 0 Å². The zero-order chi connectivity index (χ0) is 15.2. The lowest BCUT2D eigenvalue weighted by Gasteiger charge is -2.30. The molecule has 0 nitrogen and oxygen atoms in total. The van der Waals surface area contributed by atoms with Gasteiger partial charge in [0.1, 0.15) is 0 Å². The standard InChI is InChI=1S/C22H20/c1-16-10-9-15-20-21(16)18-13-7-8-14-19(18)22(20,2)17-11-5-3-4-6-12-17/h3-11,13-15H,12H2,1-2H3. The molecule has 0 saturated heterocycles. The quantitative estimate of drug-likeness (QED) is 0.628. The van der Waals surface area contributed by atoms with Crippen LogP contribution in [0.1, 0.15) is 30.0 Å². The van der Waals surface area contributed by atoms with Crippen LogP contribution < -0.4 is 0 Å². The van der Waals surface area contributed by atoms with E-state index in [1.54, 1.807) is 0 Å². The molecule has 0 fully saturated rings.